The predicted octanol–water partition coefficient (Wildman–Crippen LogP) is -1.94. The minimum absolute atomic E-state index is 0.0506. The predicted molar refractivity (Wildman–Crippen MR) is 173 cm³/mol. The molecule has 7 N–H and O–H groups in total. The maximum atomic E-state index is 12.9. The Kier molecular flexibility index (Phi) is 17.7. The van der Waals surface area contributed by atoms with E-state index in [4.69, 9.17) is 0 Å². The zero-order valence-corrected chi connectivity index (χ0v) is 28.3. The van der Waals surface area contributed by atoms with Crippen LogP contribution in [0, 0.1) is 0 Å². The van der Waals surface area contributed by atoms with Crippen molar-refractivity contribution in [1.29, 1.82) is 0 Å². The average molecular weight is 715 g/mol. The van der Waals surface area contributed by atoms with Gasteiger partial charge in [0.15, 0.2) is 0 Å². The normalized spacial score (nSPS) is 20.8. The summed E-state index contributed by atoms with van der Waals surface area (Å²) in [5.41, 5.74) is 0. The van der Waals surface area contributed by atoms with Crippen LogP contribution in [0.2, 0.25) is 0 Å². The fourth-order valence-electron chi connectivity index (χ4n) is 7.09. The molecule has 0 spiro atoms. The van der Waals surface area contributed by atoms with Crippen LogP contribution in [0.1, 0.15) is 58.3 Å². The van der Waals surface area contributed by atoms with Gasteiger partial charge in [0.25, 0.3) is 0 Å². The molecule has 19 nitrogen and oxygen atoms in total. The number of Topliss-reactive ketones (excluding diaryl/α,β-unsaturated/α-hetero) is 1. The van der Waals surface area contributed by atoms with Crippen LogP contribution >= 0.6 is 0 Å². The topological polar surface area (TPSA) is 275 Å². The van der Waals surface area contributed by atoms with Crippen molar-refractivity contribution in [3.8, 4) is 0 Å². The summed E-state index contributed by atoms with van der Waals surface area (Å²) in [6.45, 7) is -2.20. The number of hydrogen-bond acceptors (Lipinski definition) is 12. The zero-order chi connectivity index (χ0) is 37.4. The smallest absolute Gasteiger partial charge is 0.317 e. The van der Waals surface area contributed by atoms with Crippen molar-refractivity contribution in [3.63, 3.8) is 0 Å². The van der Waals surface area contributed by atoms with Gasteiger partial charge in [-0.05, 0) is 32.6 Å². The second-order valence-electron chi connectivity index (χ2n) is 12.8. The van der Waals surface area contributed by atoms with Crippen LogP contribution in [0.5, 0.6) is 0 Å². The number of carboxylic acid groups (broad SMARTS) is 5. The third-order valence-corrected chi connectivity index (χ3v) is 8.84. The summed E-state index contributed by atoms with van der Waals surface area (Å²) in [6, 6.07) is -2.18. The Labute approximate surface area is 289 Å². The first-order chi connectivity index (χ1) is 23.6. The number of amides is 2. The number of carbonyl (C=O) groups excluding carboxylic acids is 3. The maximum Gasteiger partial charge on any atom is 0.317 e. The molecular weight excluding hydrogens is 664 g/mol. The quantitative estimate of drug-likeness (QED) is 0.0567. The molecular formula is C31H50N6O13. The van der Waals surface area contributed by atoms with E-state index in [0.29, 0.717) is 38.5 Å². The molecule has 282 valence electrons. The number of rotatable bonds is 23. The highest BCUT2D eigenvalue weighted by atomic mass is 16.4. The number of hydrogen-bond donors (Lipinski definition) is 7. The van der Waals surface area contributed by atoms with Gasteiger partial charge in [0.2, 0.25) is 11.8 Å². The number of carboxylic acids is 5. The lowest BCUT2D eigenvalue weighted by atomic mass is 9.87. The van der Waals surface area contributed by atoms with Gasteiger partial charge in [0.1, 0.15) is 5.78 Å². The summed E-state index contributed by atoms with van der Waals surface area (Å²) in [7, 11) is 0. The highest BCUT2D eigenvalue weighted by Gasteiger charge is 2.38. The van der Waals surface area contributed by atoms with Gasteiger partial charge in [0.05, 0.1) is 52.4 Å². The first-order valence-corrected chi connectivity index (χ1v) is 16.6. The molecule has 50 heavy (non-hydrogen) atoms. The summed E-state index contributed by atoms with van der Waals surface area (Å²) in [4.78, 5) is 101. The van der Waals surface area contributed by atoms with E-state index < -0.39 is 98.6 Å². The second kappa shape index (κ2) is 21.1. The molecule has 0 bridgehead atoms. The van der Waals surface area contributed by atoms with Crippen molar-refractivity contribution >= 4 is 47.4 Å². The van der Waals surface area contributed by atoms with Crippen LogP contribution in [0.25, 0.3) is 0 Å². The van der Waals surface area contributed by atoms with Crippen molar-refractivity contribution in [1.82, 2.24) is 30.2 Å². The minimum atomic E-state index is -1.24. The van der Waals surface area contributed by atoms with E-state index >= 15 is 0 Å². The van der Waals surface area contributed by atoms with Crippen molar-refractivity contribution in [2.24, 2.45) is 0 Å². The highest BCUT2D eigenvalue weighted by molar-refractivity contribution is 5.81. The first kappa shape index (κ1) is 42.0. The molecule has 0 aliphatic heterocycles. The average Bonchev–Trinajstić information content (AvgIpc) is 3.00. The monoisotopic (exact) mass is 714 g/mol. The van der Waals surface area contributed by atoms with Crippen LogP contribution in [0.3, 0.4) is 0 Å². The van der Waals surface area contributed by atoms with Crippen LogP contribution in [-0.2, 0) is 38.4 Å². The van der Waals surface area contributed by atoms with Crippen molar-refractivity contribution in [3.05, 3.63) is 0 Å². The Balaban J connectivity index is 2.03. The molecule has 0 unspecified atom stereocenters. The van der Waals surface area contributed by atoms with Gasteiger partial charge in [-0.25, -0.2) is 0 Å². The van der Waals surface area contributed by atoms with Gasteiger partial charge in [-0.1, -0.05) is 25.7 Å². The first-order valence-electron chi connectivity index (χ1n) is 16.6. The molecule has 0 heterocycles. The molecule has 2 saturated carbocycles. The van der Waals surface area contributed by atoms with Crippen molar-refractivity contribution in [2.75, 3.05) is 65.4 Å². The third-order valence-electron chi connectivity index (χ3n) is 8.84. The summed E-state index contributed by atoms with van der Waals surface area (Å²) < 4.78 is 0. The van der Waals surface area contributed by atoms with Crippen molar-refractivity contribution in [2.45, 2.75) is 82.5 Å². The Bertz CT molecular complexity index is 1110. The van der Waals surface area contributed by atoms with E-state index in [1.807, 2.05) is 0 Å². The lowest BCUT2D eigenvalue weighted by Crippen LogP contribution is -2.58. The van der Waals surface area contributed by atoms with Crippen LogP contribution < -0.4 is 10.6 Å². The van der Waals surface area contributed by atoms with Gasteiger partial charge in [-0.3, -0.25) is 58.0 Å². The van der Waals surface area contributed by atoms with E-state index in [0.717, 1.165) is 12.8 Å². The Morgan fingerprint density at radius 1 is 0.440 bits per heavy atom. The Morgan fingerprint density at radius 3 is 0.920 bits per heavy atom. The molecule has 0 aromatic carbocycles. The van der Waals surface area contributed by atoms with E-state index in [1.165, 1.54) is 26.5 Å². The minimum Gasteiger partial charge on any atom is -0.480 e. The lowest BCUT2D eigenvalue weighted by molar-refractivity contribution is -0.147. The summed E-state index contributed by atoms with van der Waals surface area (Å²) >= 11 is 0. The van der Waals surface area contributed by atoms with Crippen LogP contribution in [0.4, 0.5) is 0 Å². The SMILES string of the molecule is CC(=O)CN(CC(=O)O)[C@@H]1CCCC[C@H]1N(CC(=O)O)CC(=O)NCCNC(=O)CN(CC(=O)O)[C@@H]1CCCC[C@H]1N(CC(=O)O)CC(=O)O. The molecule has 0 radical (unpaired) electrons. The van der Waals surface area contributed by atoms with Gasteiger partial charge in [0, 0.05) is 37.3 Å². The number of carbonyl (C=O) groups is 8. The largest absolute Gasteiger partial charge is 0.480 e. The van der Waals surface area contributed by atoms with Crippen LogP contribution in [0.15, 0.2) is 0 Å². The molecule has 0 saturated heterocycles. The fourth-order valence-corrected chi connectivity index (χ4v) is 7.09. The maximum absolute atomic E-state index is 12.9. The van der Waals surface area contributed by atoms with E-state index in [-0.39, 0.29) is 38.5 Å². The number of ketones is 1. The molecule has 2 fully saturated rings. The fraction of sp³-hybridized carbons (Fsp3) is 0.742. The molecule has 4 atom stereocenters. The molecule has 19 heteroatoms. The molecule has 2 aliphatic carbocycles. The molecule has 2 aliphatic rings. The highest BCUT2D eigenvalue weighted by Crippen LogP contribution is 2.29. The van der Waals surface area contributed by atoms with Gasteiger partial charge < -0.3 is 36.2 Å². The zero-order valence-electron chi connectivity index (χ0n) is 28.3. The van der Waals surface area contributed by atoms with Crippen molar-refractivity contribution < 1.29 is 63.9 Å². The Morgan fingerprint density at radius 2 is 0.680 bits per heavy atom. The molecule has 0 aromatic heterocycles. The number of nitrogens with one attached hydrogen (secondary N) is 2. The van der Waals surface area contributed by atoms with Gasteiger partial charge in [-0.15, -0.1) is 0 Å². The summed E-state index contributed by atoms with van der Waals surface area (Å²) in [5.74, 6) is -7.39. The van der Waals surface area contributed by atoms with Gasteiger partial charge >= 0.3 is 29.8 Å². The summed E-state index contributed by atoms with van der Waals surface area (Å²) in [6.07, 6.45) is 4.68. The van der Waals surface area contributed by atoms with E-state index in [1.54, 1.807) is 0 Å². The lowest BCUT2D eigenvalue weighted by Gasteiger charge is -2.43. The molecule has 0 aromatic rings. The Hall–Kier alpha value is -4.20. The van der Waals surface area contributed by atoms with E-state index in [2.05, 4.69) is 10.6 Å². The van der Waals surface area contributed by atoms with Gasteiger partial charge in [-0.2, -0.15) is 0 Å². The van der Waals surface area contributed by atoms with Crippen LogP contribution in [-0.4, -0.2) is 182 Å². The molecule has 2 rings (SSSR count). The van der Waals surface area contributed by atoms with E-state index in [9.17, 15) is 63.9 Å². The molecule has 2 amide bonds. The summed E-state index contributed by atoms with van der Waals surface area (Å²) in [5, 5.41) is 52.5. The number of nitrogens with zero attached hydrogens (tertiary/aromatic N) is 4. The third kappa shape index (κ3) is 15.1. The number of aliphatic carboxylic acids is 5. The standard InChI is InChI=1S/C31H50N6O13/c1-20(38)12-34(15-27(41)42)21-6-2-3-7-22(21)35(16-28(43)44)13-25(39)32-10-11-33-26(40)14-36(17-29(45)46)23-8-4-5-9-24(23)37(18-30(47)48)19-31(49)50/h21-24H,2-19H2,1H3,(H,32,39)(H,33,40)(H,41,42)(H,43,44)(H,45,46)(H,47,48)(H,49,50)/t21-,22-,23-,24-/m1/s1. The second-order valence-corrected chi connectivity index (χ2v) is 12.8.